The van der Waals surface area contributed by atoms with Crippen LogP contribution >= 0.6 is 11.6 Å². The molecule has 4 atom stereocenters. The van der Waals surface area contributed by atoms with Gasteiger partial charge in [-0.1, -0.05) is 41.4 Å². The summed E-state index contributed by atoms with van der Waals surface area (Å²) < 4.78 is 5.33. The van der Waals surface area contributed by atoms with Gasteiger partial charge in [-0.3, -0.25) is 14.5 Å². The number of benzene rings is 2. The van der Waals surface area contributed by atoms with Gasteiger partial charge < -0.3 is 4.74 Å². The quantitative estimate of drug-likeness (QED) is 0.417. The summed E-state index contributed by atoms with van der Waals surface area (Å²) in [6.07, 6.45) is 3.06. The molecule has 0 spiro atoms. The summed E-state index contributed by atoms with van der Waals surface area (Å²) in [4.78, 5) is 39.6. The number of carbonyl (C=O) groups is 3. The van der Waals surface area contributed by atoms with E-state index in [4.69, 9.17) is 16.3 Å². The summed E-state index contributed by atoms with van der Waals surface area (Å²) >= 11 is 6.08. The Morgan fingerprint density at radius 2 is 1.77 bits per heavy atom. The molecule has 6 heteroatoms. The van der Waals surface area contributed by atoms with Crippen LogP contribution in [0, 0.1) is 23.7 Å². The van der Waals surface area contributed by atoms with E-state index in [1.54, 1.807) is 36.4 Å². The van der Waals surface area contributed by atoms with Crippen molar-refractivity contribution in [3.05, 3.63) is 76.3 Å². The summed E-state index contributed by atoms with van der Waals surface area (Å²) in [6, 6.07) is 13.6. The molecule has 1 aliphatic heterocycles. The van der Waals surface area contributed by atoms with E-state index in [9.17, 15) is 14.4 Å². The molecule has 30 heavy (non-hydrogen) atoms. The summed E-state index contributed by atoms with van der Waals surface area (Å²) in [6.45, 7) is 2.12. The third-order valence-corrected chi connectivity index (χ3v) is 6.93. The van der Waals surface area contributed by atoms with Crippen LogP contribution in [0.1, 0.15) is 29.3 Å². The van der Waals surface area contributed by atoms with Gasteiger partial charge in [0.25, 0.3) is 0 Å². The molecule has 2 amide bonds. The second kappa shape index (κ2) is 7.10. The lowest BCUT2D eigenvalue weighted by Crippen LogP contribution is -2.32. The Kier molecular flexibility index (Phi) is 4.51. The van der Waals surface area contributed by atoms with Gasteiger partial charge >= 0.3 is 5.97 Å². The number of allylic oxidation sites excluding steroid dienone is 2. The zero-order chi connectivity index (χ0) is 21.0. The summed E-state index contributed by atoms with van der Waals surface area (Å²) in [7, 11) is 0. The van der Waals surface area contributed by atoms with Crippen molar-refractivity contribution < 1.29 is 19.1 Å². The number of nitrogens with zero attached hydrogens (tertiary/aromatic N) is 1. The summed E-state index contributed by atoms with van der Waals surface area (Å²) in [5, 5.41) is 0.538. The first-order chi connectivity index (χ1) is 14.5. The van der Waals surface area contributed by atoms with Crippen LogP contribution in [0.4, 0.5) is 5.69 Å². The average molecular weight is 422 g/mol. The lowest BCUT2D eigenvalue weighted by atomic mass is 9.82. The van der Waals surface area contributed by atoms with Gasteiger partial charge in [-0.05, 0) is 55.5 Å². The van der Waals surface area contributed by atoms with Crippen LogP contribution in [-0.4, -0.2) is 17.8 Å². The number of carbonyl (C=O) groups excluding carboxylic acids is 3. The monoisotopic (exact) mass is 421 g/mol. The van der Waals surface area contributed by atoms with Crippen molar-refractivity contribution in [2.75, 3.05) is 4.90 Å². The Bertz CT molecular complexity index is 1090. The third kappa shape index (κ3) is 2.88. The molecule has 0 aromatic heterocycles. The molecule has 5 nitrogen and oxygen atoms in total. The standard InChI is InChI=1S/C24H20ClNO4/c1-13-10-16-11-18(13)21-20(16)22(27)26(23(21)28)17-8-6-14(7-9-17)24(29)30-12-15-4-2-3-5-19(15)25/h2-10,16,18,20-21H,11-12H2,1H3/t16-,18-,20+,21+/m0/s1. The van der Waals surface area contributed by atoms with Gasteiger partial charge in [0.15, 0.2) is 0 Å². The zero-order valence-corrected chi connectivity index (χ0v) is 17.1. The van der Waals surface area contributed by atoms with E-state index < -0.39 is 5.97 Å². The van der Waals surface area contributed by atoms with E-state index >= 15 is 0 Å². The van der Waals surface area contributed by atoms with Crippen molar-refractivity contribution in [2.24, 2.45) is 23.7 Å². The molecule has 0 radical (unpaired) electrons. The molecule has 2 bridgehead atoms. The van der Waals surface area contributed by atoms with E-state index in [-0.39, 0.29) is 42.1 Å². The van der Waals surface area contributed by atoms with Gasteiger partial charge in [-0.25, -0.2) is 4.79 Å². The number of imide groups is 1. The molecule has 2 aromatic rings. The molecule has 1 saturated heterocycles. The summed E-state index contributed by atoms with van der Waals surface area (Å²) in [5.74, 6) is -0.884. The minimum atomic E-state index is -0.490. The number of halogens is 1. The topological polar surface area (TPSA) is 63.7 Å². The summed E-state index contributed by atoms with van der Waals surface area (Å²) in [5.41, 5.74) is 2.80. The number of fused-ring (bicyclic) bond motifs is 5. The van der Waals surface area contributed by atoms with Gasteiger partial charge in [-0.2, -0.15) is 0 Å². The van der Waals surface area contributed by atoms with Crippen LogP contribution < -0.4 is 4.90 Å². The van der Waals surface area contributed by atoms with Gasteiger partial charge in [0.2, 0.25) is 11.8 Å². The van der Waals surface area contributed by atoms with E-state index in [0.717, 1.165) is 12.0 Å². The molecular formula is C24H20ClNO4. The maximum atomic E-state index is 13.0. The fourth-order valence-electron chi connectivity index (χ4n) is 5.12. The van der Waals surface area contributed by atoms with Crippen LogP contribution in [0.25, 0.3) is 0 Å². The molecule has 2 aromatic carbocycles. The van der Waals surface area contributed by atoms with Gasteiger partial charge in [-0.15, -0.1) is 0 Å². The fraction of sp³-hybridized carbons (Fsp3) is 0.292. The number of hydrogen-bond acceptors (Lipinski definition) is 4. The second-order valence-corrected chi connectivity index (χ2v) is 8.60. The number of anilines is 1. The van der Waals surface area contributed by atoms with Crippen molar-refractivity contribution in [3.8, 4) is 0 Å². The fourth-order valence-corrected chi connectivity index (χ4v) is 5.31. The molecule has 0 N–H and O–H groups in total. The zero-order valence-electron chi connectivity index (χ0n) is 16.4. The molecule has 2 fully saturated rings. The van der Waals surface area contributed by atoms with Crippen molar-refractivity contribution in [3.63, 3.8) is 0 Å². The maximum Gasteiger partial charge on any atom is 0.338 e. The number of hydrogen-bond donors (Lipinski definition) is 0. The minimum Gasteiger partial charge on any atom is -0.457 e. The van der Waals surface area contributed by atoms with E-state index in [1.165, 1.54) is 10.5 Å². The predicted molar refractivity (Wildman–Crippen MR) is 112 cm³/mol. The number of rotatable bonds is 4. The maximum absolute atomic E-state index is 13.0. The van der Waals surface area contributed by atoms with E-state index in [2.05, 4.69) is 6.08 Å². The highest BCUT2D eigenvalue weighted by atomic mass is 35.5. The lowest BCUT2D eigenvalue weighted by molar-refractivity contribution is -0.123. The molecular weight excluding hydrogens is 402 g/mol. The first kappa shape index (κ1) is 19.1. The molecule has 152 valence electrons. The number of ether oxygens (including phenoxy) is 1. The van der Waals surface area contributed by atoms with Crippen LogP contribution in [0.3, 0.4) is 0 Å². The van der Waals surface area contributed by atoms with Crippen molar-refractivity contribution in [1.29, 1.82) is 0 Å². The molecule has 0 unspecified atom stereocenters. The predicted octanol–water partition coefficient (Wildman–Crippen LogP) is 4.40. The Balaban J connectivity index is 1.30. The molecule has 5 rings (SSSR count). The van der Waals surface area contributed by atoms with Gasteiger partial charge in [0.1, 0.15) is 6.61 Å². The van der Waals surface area contributed by atoms with Crippen LogP contribution in [0.15, 0.2) is 60.2 Å². The average Bonchev–Trinajstić information content (AvgIpc) is 3.38. The van der Waals surface area contributed by atoms with E-state index in [1.807, 2.05) is 19.1 Å². The smallest absolute Gasteiger partial charge is 0.338 e. The molecule has 1 saturated carbocycles. The Morgan fingerprint density at radius 1 is 1.07 bits per heavy atom. The number of amides is 2. The SMILES string of the molecule is CC1=C[C@H]2C[C@@H]1[C@H]1C(=O)N(c3ccc(C(=O)OCc4ccccc4Cl)cc3)C(=O)[C@@H]12. The molecule has 1 heterocycles. The lowest BCUT2D eigenvalue weighted by Gasteiger charge is -2.19. The highest BCUT2D eigenvalue weighted by molar-refractivity contribution is 6.31. The van der Waals surface area contributed by atoms with Crippen LogP contribution in [-0.2, 0) is 20.9 Å². The Morgan fingerprint density at radius 3 is 2.50 bits per heavy atom. The first-order valence-corrected chi connectivity index (χ1v) is 10.4. The largest absolute Gasteiger partial charge is 0.457 e. The second-order valence-electron chi connectivity index (χ2n) is 8.19. The highest BCUT2D eigenvalue weighted by Gasteiger charge is 2.60. The third-order valence-electron chi connectivity index (χ3n) is 6.56. The molecule has 3 aliphatic rings. The molecule has 2 aliphatic carbocycles. The number of esters is 1. The Hall–Kier alpha value is -2.92. The van der Waals surface area contributed by atoms with E-state index in [0.29, 0.717) is 16.3 Å². The highest BCUT2D eigenvalue weighted by Crippen LogP contribution is 2.55. The van der Waals surface area contributed by atoms with Gasteiger partial charge in [0.05, 0.1) is 23.1 Å². The van der Waals surface area contributed by atoms with Gasteiger partial charge in [0, 0.05) is 10.6 Å². The normalized spacial score (nSPS) is 26.7. The minimum absolute atomic E-state index is 0.0713. The van der Waals surface area contributed by atoms with Crippen LogP contribution in [0.2, 0.25) is 5.02 Å². The van der Waals surface area contributed by atoms with Crippen molar-refractivity contribution >= 4 is 35.1 Å². The van der Waals surface area contributed by atoms with Crippen LogP contribution in [0.5, 0.6) is 0 Å². The Labute approximate surface area is 179 Å². The first-order valence-electron chi connectivity index (χ1n) is 10.0. The van der Waals surface area contributed by atoms with Crippen molar-refractivity contribution in [1.82, 2.24) is 0 Å². The van der Waals surface area contributed by atoms with Crippen molar-refractivity contribution in [2.45, 2.75) is 20.0 Å².